The first-order valence-electron chi connectivity index (χ1n) is 6.77. The van der Waals surface area contributed by atoms with Gasteiger partial charge >= 0.3 is 5.97 Å². The van der Waals surface area contributed by atoms with Crippen molar-refractivity contribution in [2.24, 2.45) is 5.92 Å². The van der Waals surface area contributed by atoms with E-state index >= 15 is 0 Å². The van der Waals surface area contributed by atoms with E-state index in [1.807, 2.05) is 13.8 Å². The van der Waals surface area contributed by atoms with E-state index in [4.69, 9.17) is 21.4 Å². The molecule has 0 spiro atoms. The molecule has 0 saturated heterocycles. The van der Waals surface area contributed by atoms with Crippen LogP contribution in [-0.4, -0.2) is 41.6 Å². The van der Waals surface area contributed by atoms with Gasteiger partial charge in [-0.2, -0.15) is 0 Å². The summed E-state index contributed by atoms with van der Waals surface area (Å²) in [6, 6.07) is 6.90. The van der Waals surface area contributed by atoms with Crippen molar-refractivity contribution in [2.45, 2.75) is 20.3 Å². The molecule has 0 aromatic heterocycles. The zero-order chi connectivity index (χ0) is 15.8. The summed E-state index contributed by atoms with van der Waals surface area (Å²) >= 11 is 5.95. The second kappa shape index (κ2) is 8.52. The van der Waals surface area contributed by atoms with E-state index in [1.54, 1.807) is 24.3 Å². The Morgan fingerprint density at radius 2 is 2.00 bits per heavy atom. The van der Waals surface area contributed by atoms with Gasteiger partial charge in [0.15, 0.2) is 6.61 Å². The number of aliphatic carboxylic acids is 1. The van der Waals surface area contributed by atoms with Crippen molar-refractivity contribution in [3.8, 4) is 5.75 Å². The van der Waals surface area contributed by atoms with Crippen LogP contribution in [0.2, 0.25) is 5.02 Å². The molecule has 0 fully saturated rings. The first kappa shape index (κ1) is 17.3. The minimum absolute atomic E-state index is 0.0788. The molecule has 0 atom stereocenters. The molecular weight excluding hydrogens is 294 g/mol. The third kappa shape index (κ3) is 6.49. The number of carboxylic acids is 1. The average molecular weight is 314 g/mol. The van der Waals surface area contributed by atoms with Crippen LogP contribution < -0.4 is 4.74 Å². The summed E-state index contributed by atoms with van der Waals surface area (Å²) in [4.78, 5) is 24.3. The van der Waals surface area contributed by atoms with Gasteiger partial charge < -0.3 is 14.7 Å². The number of ether oxygens (including phenoxy) is 1. The zero-order valence-corrected chi connectivity index (χ0v) is 13.0. The lowest BCUT2D eigenvalue weighted by Crippen LogP contribution is -2.39. The fraction of sp³-hybridized carbons (Fsp3) is 0.467. The third-order valence-corrected chi connectivity index (χ3v) is 3.03. The number of nitrogens with zero attached hydrogens (tertiary/aromatic N) is 1. The van der Waals surface area contributed by atoms with Gasteiger partial charge in [-0.3, -0.25) is 9.59 Å². The van der Waals surface area contributed by atoms with Crippen molar-refractivity contribution in [1.82, 2.24) is 4.90 Å². The summed E-state index contributed by atoms with van der Waals surface area (Å²) in [6.07, 6.45) is -0.0788. The van der Waals surface area contributed by atoms with E-state index in [0.29, 0.717) is 17.3 Å². The molecule has 5 nitrogen and oxygen atoms in total. The highest BCUT2D eigenvalue weighted by Crippen LogP contribution is 2.23. The molecule has 0 aliphatic rings. The summed E-state index contributed by atoms with van der Waals surface area (Å²) in [7, 11) is 0. The van der Waals surface area contributed by atoms with Crippen molar-refractivity contribution in [2.75, 3.05) is 19.7 Å². The summed E-state index contributed by atoms with van der Waals surface area (Å²) in [6.45, 7) is 4.46. The lowest BCUT2D eigenvalue weighted by atomic mass is 10.2. The van der Waals surface area contributed by atoms with Gasteiger partial charge in [-0.05, 0) is 18.1 Å². The Balaban J connectivity index is 2.59. The number of hydrogen-bond acceptors (Lipinski definition) is 3. The Bertz CT molecular complexity index is 490. The molecule has 21 heavy (non-hydrogen) atoms. The Kier molecular flexibility index (Phi) is 7.02. The summed E-state index contributed by atoms with van der Waals surface area (Å²) in [5, 5.41) is 9.17. The van der Waals surface area contributed by atoms with Gasteiger partial charge in [-0.1, -0.05) is 37.6 Å². The number of halogens is 1. The van der Waals surface area contributed by atoms with Crippen molar-refractivity contribution >= 4 is 23.5 Å². The van der Waals surface area contributed by atoms with Gasteiger partial charge in [-0.25, -0.2) is 0 Å². The second-order valence-corrected chi connectivity index (χ2v) is 5.50. The largest absolute Gasteiger partial charge is 0.482 e. The van der Waals surface area contributed by atoms with Gasteiger partial charge in [0.25, 0.3) is 5.91 Å². The Hall–Kier alpha value is -1.75. The highest BCUT2D eigenvalue weighted by molar-refractivity contribution is 6.32. The minimum atomic E-state index is -0.927. The fourth-order valence-corrected chi connectivity index (χ4v) is 1.97. The molecule has 1 amide bonds. The standard InChI is InChI=1S/C15H20ClNO4/c1-11(2)9-17(8-7-15(19)20)14(18)10-21-13-6-4-3-5-12(13)16/h3-6,11H,7-10H2,1-2H3,(H,19,20). The molecule has 0 bridgehead atoms. The van der Waals surface area contributed by atoms with Gasteiger partial charge in [0, 0.05) is 13.1 Å². The number of hydrogen-bond donors (Lipinski definition) is 1. The molecule has 1 N–H and O–H groups in total. The molecule has 0 aliphatic heterocycles. The van der Waals surface area contributed by atoms with Crippen LogP contribution in [0.5, 0.6) is 5.75 Å². The van der Waals surface area contributed by atoms with Gasteiger partial charge in [0.1, 0.15) is 5.75 Å². The Morgan fingerprint density at radius 3 is 2.57 bits per heavy atom. The van der Waals surface area contributed by atoms with E-state index in [9.17, 15) is 9.59 Å². The SMILES string of the molecule is CC(C)CN(CCC(=O)O)C(=O)COc1ccccc1Cl. The molecule has 0 unspecified atom stereocenters. The number of carbonyl (C=O) groups excluding carboxylic acids is 1. The van der Waals surface area contributed by atoms with Crippen LogP contribution in [0, 0.1) is 5.92 Å². The number of carboxylic acid groups (broad SMARTS) is 1. The molecule has 6 heteroatoms. The molecule has 0 radical (unpaired) electrons. The summed E-state index contributed by atoms with van der Waals surface area (Å²) in [5.41, 5.74) is 0. The van der Waals surface area contributed by atoms with Gasteiger partial charge in [0.2, 0.25) is 0 Å². The zero-order valence-electron chi connectivity index (χ0n) is 12.2. The fourth-order valence-electron chi connectivity index (χ4n) is 1.78. The molecule has 1 aromatic rings. The lowest BCUT2D eigenvalue weighted by Gasteiger charge is -2.24. The molecule has 0 saturated carbocycles. The van der Waals surface area contributed by atoms with E-state index < -0.39 is 5.97 Å². The quantitative estimate of drug-likeness (QED) is 0.801. The van der Waals surface area contributed by atoms with E-state index in [-0.39, 0.29) is 31.4 Å². The van der Waals surface area contributed by atoms with Crippen molar-refractivity contribution in [3.63, 3.8) is 0 Å². The smallest absolute Gasteiger partial charge is 0.305 e. The maximum atomic E-state index is 12.1. The molecule has 116 valence electrons. The van der Waals surface area contributed by atoms with Gasteiger partial charge in [-0.15, -0.1) is 0 Å². The lowest BCUT2D eigenvalue weighted by molar-refractivity contribution is -0.139. The second-order valence-electron chi connectivity index (χ2n) is 5.10. The highest BCUT2D eigenvalue weighted by atomic mass is 35.5. The van der Waals surface area contributed by atoms with E-state index in [1.165, 1.54) is 4.90 Å². The van der Waals surface area contributed by atoms with Crippen LogP contribution in [0.15, 0.2) is 24.3 Å². The Labute approximate surface area is 129 Å². The number of para-hydroxylation sites is 1. The number of benzene rings is 1. The van der Waals surface area contributed by atoms with Crippen LogP contribution in [0.1, 0.15) is 20.3 Å². The average Bonchev–Trinajstić information content (AvgIpc) is 2.41. The van der Waals surface area contributed by atoms with Crippen LogP contribution in [0.25, 0.3) is 0 Å². The van der Waals surface area contributed by atoms with E-state index in [2.05, 4.69) is 0 Å². The maximum absolute atomic E-state index is 12.1. The van der Waals surface area contributed by atoms with Crippen molar-refractivity contribution < 1.29 is 19.4 Å². The predicted molar refractivity (Wildman–Crippen MR) is 80.6 cm³/mol. The summed E-state index contributed by atoms with van der Waals surface area (Å²) in [5.74, 6) is -0.480. The first-order valence-corrected chi connectivity index (χ1v) is 7.15. The molecule has 0 aliphatic carbocycles. The number of amides is 1. The van der Waals surface area contributed by atoms with Crippen LogP contribution in [-0.2, 0) is 9.59 Å². The first-order chi connectivity index (χ1) is 9.90. The third-order valence-electron chi connectivity index (χ3n) is 2.72. The topological polar surface area (TPSA) is 66.8 Å². The number of rotatable bonds is 8. The minimum Gasteiger partial charge on any atom is -0.482 e. The molecule has 0 heterocycles. The van der Waals surface area contributed by atoms with Crippen LogP contribution in [0.3, 0.4) is 0 Å². The summed E-state index contributed by atoms with van der Waals surface area (Å²) < 4.78 is 5.40. The predicted octanol–water partition coefficient (Wildman–Crippen LogP) is 2.68. The van der Waals surface area contributed by atoms with Crippen molar-refractivity contribution in [1.29, 1.82) is 0 Å². The normalized spacial score (nSPS) is 10.5. The van der Waals surface area contributed by atoms with Crippen LogP contribution >= 0.6 is 11.6 Å². The van der Waals surface area contributed by atoms with Gasteiger partial charge in [0.05, 0.1) is 11.4 Å². The maximum Gasteiger partial charge on any atom is 0.305 e. The number of carbonyl (C=O) groups is 2. The molecular formula is C15H20ClNO4. The Morgan fingerprint density at radius 1 is 1.33 bits per heavy atom. The molecule has 1 aromatic carbocycles. The molecule has 1 rings (SSSR count). The van der Waals surface area contributed by atoms with Crippen molar-refractivity contribution in [3.05, 3.63) is 29.3 Å². The van der Waals surface area contributed by atoms with Crippen LogP contribution in [0.4, 0.5) is 0 Å². The highest BCUT2D eigenvalue weighted by Gasteiger charge is 2.17. The monoisotopic (exact) mass is 313 g/mol. The van der Waals surface area contributed by atoms with E-state index in [0.717, 1.165) is 0 Å².